The van der Waals surface area contributed by atoms with Crippen LogP contribution in [0.5, 0.6) is 0 Å². The van der Waals surface area contributed by atoms with Crippen LogP contribution in [0.2, 0.25) is 10.0 Å². The summed E-state index contributed by atoms with van der Waals surface area (Å²) in [6.45, 7) is 5.66. The van der Waals surface area contributed by atoms with Crippen molar-refractivity contribution in [3.8, 4) is 11.1 Å². The summed E-state index contributed by atoms with van der Waals surface area (Å²) < 4.78 is 0. The average molecular weight is 783 g/mol. The molecule has 2 aromatic heterocycles. The highest BCUT2D eigenvalue weighted by molar-refractivity contribution is 6.40. The van der Waals surface area contributed by atoms with Gasteiger partial charge in [0.1, 0.15) is 11.4 Å². The summed E-state index contributed by atoms with van der Waals surface area (Å²) in [5.74, 6) is -0.0393. The van der Waals surface area contributed by atoms with Crippen molar-refractivity contribution in [1.82, 2.24) is 24.7 Å². The van der Waals surface area contributed by atoms with Crippen LogP contribution in [-0.4, -0.2) is 82.7 Å². The fourth-order valence-corrected chi connectivity index (χ4v) is 8.13. The summed E-state index contributed by atoms with van der Waals surface area (Å²) in [7, 11) is 3.57. The van der Waals surface area contributed by atoms with Gasteiger partial charge in [0, 0.05) is 63.7 Å². The van der Waals surface area contributed by atoms with Crippen LogP contribution in [0.25, 0.3) is 11.1 Å². The molecule has 4 aromatic rings. The molecule has 0 radical (unpaired) electrons. The lowest BCUT2D eigenvalue weighted by Gasteiger charge is -2.28. The van der Waals surface area contributed by atoms with Crippen molar-refractivity contribution < 1.29 is 14.4 Å². The Hall–Kier alpha value is -4.35. The van der Waals surface area contributed by atoms with E-state index in [1.807, 2.05) is 36.5 Å². The standard InChI is InChI=1S/C43H49Cl2N7O3/c1-50(2)39(53)14-4-7-20-52-21-17-29-22-37(46-24-30(29)26-52)42(54)48-35-12-8-10-32(40(35)44)33-11-9-13-36(41(33)45)49-43(55)38-23-34(28-15-16-28)31(25-47-38)27-51-18-5-3-6-19-51/h8-13,22-25,28H,3-7,14-21,26-27H2,1-2H3,(H,48,54)(H,49,55). The zero-order chi connectivity index (χ0) is 38.5. The van der Waals surface area contributed by atoms with Gasteiger partial charge in [0.05, 0.1) is 21.4 Å². The maximum absolute atomic E-state index is 13.5. The molecule has 3 aliphatic rings. The molecule has 1 saturated heterocycles. The first-order chi connectivity index (χ1) is 26.6. The molecule has 3 amide bonds. The van der Waals surface area contributed by atoms with Crippen LogP contribution in [-0.2, 0) is 24.3 Å². The first kappa shape index (κ1) is 38.9. The predicted molar refractivity (Wildman–Crippen MR) is 219 cm³/mol. The second kappa shape index (κ2) is 17.6. The van der Waals surface area contributed by atoms with Gasteiger partial charge < -0.3 is 15.5 Å². The number of fused-ring (bicyclic) bond motifs is 1. The highest BCUT2D eigenvalue weighted by atomic mass is 35.5. The third-order valence-electron chi connectivity index (χ3n) is 10.9. The number of likely N-dealkylation sites (tertiary alicyclic amines) is 1. The number of piperidine rings is 1. The van der Waals surface area contributed by atoms with Gasteiger partial charge in [-0.05, 0) is 117 Å². The lowest BCUT2D eigenvalue weighted by Crippen LogP contribution is -2.32. The van der Waals surface area contributed by atoms with Crippen LogP contribution in [0.1, 0.15) is 101 Å². The molecule has 288 valence electrons. The van der Waals surface area contributed by atoms with Crippen LogP contribution >= 0.6 is 23.2 Å². The number of anilines is 2. The highest BCUT2D eigenvalue weighted by Gasteiger charge is 2.29. The van der Waals surface area contributed by atoms with E-state index in [0.717, 1.165) is 82.5 Å². The van der Waals surface area contributed by atoms with E-state index in [4.69, 9.17) is 23.2 Å². The number of halogens is 2. The highest BCUT2D eigenvalue weighted by Crippen LogP contribution is 2.43. The first-order valence-electron chi connectivity index (χ1n) is 19.5. The van der Waals surface area contributed by atoms with Gasteiger partial charge in [-0.25, -0.2) is 0 Å². The van der Waals surface area contributed by atoms with E-state index in [1.54, 1.807) is 43.4 Å². The molecule has 2 aliphatic heterocycles. The molecule has 1 aliphatic carbocycles. The molecule has 0 atom stereocenters. The van der Waals surface area contributed by atoms with Crippen molar-refractivity contribution in [3.05, 3.63) is 105 Å². The Bertz CT molecular complexity index is 2060. The van der Waals surface area contributed by atoms with Crippen LogP contribution < -0.4 is 10.6 Å². The average Bonchev–Trinajstić information content (AvgIpc) is 4.04. The van der Waals surface area contributed by atoms with Gasteiger partial charge in [-0.2, -0.15) is 0 Å². The number of carbonyl (C=O) groups is 3. The van der Waals surface area contributed by atoms with Crippen molar-refractivity contribution in [2.75, 3.05) is 50.9 Å². The van der Waals surface area contributed by atoms with E-state index in [2.05, 4.69) is 30.4 Å². The monoisotopic (exact) mass is 781 g/mol. The van der Waals surface area contributed by atoms with Gasteiger partial charge in [0.25, 0.3) is 11.8 Å². The van der Waals surface area contributed by atoms with Crippen LogP contribution in [0.4, 0.5) is 11.4 Å². The maximum Gasteiger partial charge on any atom is 0.274 e. The second-order valence-corrected chi connectivity index (χ2v) is 16.0. The molecule has 12 heteroatoms. The zero-order valence-corrected chi connectivity index (χ0v) is 33.2. The molecular weight excluding hydrogens is 733 g/mol. The van der Waals surface area contributed by atoms with E-state index in [9.17, 15) is 14.4 Å². The Morgan fingerprint density at radius 3 is 2.05 bits per heavy atom. The zero-order valence-electron chi connectivity index (χ0n) is 31.7. The van der Waals surface area contributed by atoms with Gasteiger partial charge in [-0.1, -0.05) is 53.9 Å². The van der Waals surface area contributed by atoms with Gasteiger partial charge >= 0.3 is 0 Å². The van der Waals surface area contributed by atoms with E-state index < -0.39 is 0 Å². The molecule has 1 saturated carbocycles. The Morgan fingerprint density at radius 1 is 0.782 bits per heavy atom. The fraction of sp³-hybridized carbons (Fsp3) is 0.419. The number of hydrogen-bond acceptors (Lipinski definition) is 7. The summed E-state index contributed by atoms with van der Waals surface area (Å²) in [5.41, 5.74) is 7.44. The van der Waals surface area contributed by atoms with E-state index in [0.29, 0.717) is 56.3 Å². The number of rotatable bonds is 13. The van der Waals surface area contributed by atoms with Crippen molar-refractivity contribution in [1.29, 1.82) is 0 Å². The maximum atomic E-state index is 13.5. The number of carbonyl (C=O) groups excluding carboxylic acids is 3. The lowest BCUT2D eigenvalue weighted by atomic mass is 10.0. The minimum Gasteiger partial charge on any atom is -0.349 e. The number of unbranched alkanes of at least 4 members (excludes halogenated alkanes) is 1. The molecule has 2 aromatic carbocycles. The number of aromatic nitrogens is 2. The van der Waals surface area contributed by atoms with Crippen LogP contribution in [0, 0.1) is 0 Å². The molecule has 10 nitrogen and oxygen atoms in total. The number of benzene rings is 2. The van der Waals surface area contributed by atoms with Crippen molar-refractivity contribution in [2.45, 2.75) is 76.8 Å². The van der Waals surface area contributed by atoms with E-state index in [-0.39, 0.29) is 17.7 Å². The third-order valence-corrected chi connectivity index (χ3v) is 11.7. The molecule has 2 fully saturated rings. The van der Waals surface area contributed by atoms with Crippen molar-refractivity contribution >= 4 is 52.3 Å². The lowest BCUT2D eigenvalue weighted by molar-refractivity contribution is -0.128. The van der Waals surface area contributed by atoms with Gasteiger partial charge in [0.2, 0.25) is 5.91 Å². The first-order valence-corrected chi connectivity index (χ1v) is 20.2. The normalized spacial score (nSPS) is 16.0. The Morgan fingerprint density at radius 2 is 1.42 bits per heavy atom. The summed E-state index contributed by atoms with van der Waals surface area (Å²) in [6.07, 6.45) is 12.9. The number of nitrogens with zero attached hydrogens (tertiary/aromatic N) is 5. The predicted octanol–water partition coefficient (Wildman–Crippen LogP) is 8.43. The minimum atomic E-state index is -0.359. The number of pyridine rings is 2. The van der Waals surface area contributed by atoms with Crippen LogP contribution in [0.15, 0.2) is 60.9 Å². The molecule has 55 heavy (non-hydrogen) atoms. The SMILES string of the molecule is CN(C)C(=O)CCCCN1CCc2cc(C(=O)Nc3cccc(-c4cccc(NC(=O)c5cc(C6CC6)c(CN6CCCCC6)cn5)c4Cl)c3Cl)ncc2C1. The van der Waals surface area contributed by atoms with E-state index >= 15 is 0 Å². The smallest absolute Gasteiger partial charge is 0.274 e. The summed E-state index contributed by atoms with van der Waals surface area (Å²) in [4.78, 5) is 54.5. The summed E-state index contributed by atoms with van der Waals surface area (Å²) in [5, 5.41) is 6.57. The molecule has 0 bridgehead atoms. The van der Waals surface area contributed by atoms with Gasteiger partial charge in [-0.3, -0.25) is 34.2 Å². The van der Waals surface area contributed by atoms with E-state index in [1.165, 1.54) is 30.4 Å². The molecule has 0 spiro atoms. The molecule has 4 heterocycles. The molecule has 2 N–H and O–H groups in total. The second-order valence-electron chi connectivity index (χ2n) is 15.2. The summed E-state index contributed by atoms with van der Waals surface area (Å²) in [6, 6.07) is 14.6. The van der Waals surface area contributed by atoms with Crippen molar-refractivity contribution in [2.24, 2.45) is 0 Å². The van der Waals surface area contributed by atoms with Gasteiger partial charge in [0.15, 0.2) is 0 Å². The minimum absolute atomic E-state index is 0.158. The number of nitrogens with one attached hydrogen (secondary N) is 2. The Kier molecular flexibility index (Phi) is 12.5. The Balaban J connectivity index is 0.998. The number of hydrogen-bond donors (Lipinski definition) is 2. The summed E-state index contributed by atoms with van der Waals surface area (Å²) >= 11 is 13.9. The third kappa shape index (κ3) is 9.55. The number of amides is 3. The fourth-order valence-electron chi connectivity index (χ4n) is 7.58. The Labute approximate surface area is 333 Å². The molecule has 7 rings (SSSR count). The van der Waals surface area contributed by atoms with Crippen molar-refractivity contribution in [3.63, 3.8) is 0 Å². The molecular formula is C43H49Cl2N7O3. The quantitative estimate of drug-likeness (QED) is 0.131. The largest absolute Gasteiger partial charge is 0.349 e. The van der Waals surface area contributed by atoms with Gasteiger partial charge in [-0.15, -0.1) is 0 Å². The molecule has 0 unspecified atom stereocenters. The topological polar surface area (TPSA) is 111 Å². The van der Waals surface area contributed by atoms with Crippen LogP contribution in [0.3, 0.4) is 0 Å².